The number of hydrogen-bond donors (Lipinski definition) is 0. The topological polar surface area (TPSA) is 37.4 Å². The average molecular weight is 291 g/mol. The molecule has 0 aliphatic heterocycles. The van der Waals surface area contributed by atoms with E-state index >= 15 is 0 Å². The predicted octanol–water partition coefficient (Wildman–Crippen LogP) is 3.21. The molecule has 0 aliphatic carbocycles. The van der Waals surface area contributed by atoms with Crippen LogP contribution in [-0.4, -0.2) is 15.0 Å². The van der Waals surface area contributed by atoms with Crippen molar-refractivity contribution in [2.45, 2.75) is 4.90 Å². The van der Waals surface area contributed by atoms with Gasteiger partial charge in [-0.15, -0.1) is 6.58 Å². The Morgan fingerprint density at radius 1 is 1.10 bits per heavy atom. The SMILES string of the molecule is C=CCN(c1ccccc1)S(=O)(=O)c1cccc(F)c1. The predicted molar refractivity (Wildman–Crippen MR) is 77.6 cm³/mol. The third kappa shape index (κ3) is 2.88. The maximum absolute atomic E-state index is 13.2. The fourth-order valence-electron chi connectivity index (χ4n) is 1.81. The molecular weight excluding hydrogens is 277 g/mol. The second kappa shape index (κ2) is 5.88. The number of para-hydroxylation sites is 1. The van der Waals surface area contributed by atoms with Crippen molar-refractivity contribution in [1.82, 2.24) is 0 Å². The molecule has 0 aliphatic rings. The van der Waals surface area contributed by atoms with Crippen LogP contribution in [0.3, 0.4) is 0 Å². The summed E-state index contributed by atoms with van der Waals surface area (Å²) in [5.74, 6) is -0.585. The molecule has 104 valence electrons. The van der Waals surface area contributed by atoms with Gasteiger partial charge in [-0.3, -0.25) is 4.31 Å². The largest absolute Gasteiger partial charge is 0.264 e. The molecule has 2 aromatic rings. The van der Waals surface area contributed by atoms with E-state index in [0.717, 1.165) is 6.07 Å². The van der Waals surface area contributed by atoms with Crippen molar-refractivity contribution in [3.63, 3.8) is 0 Å². The van der Waals surface area contributed by atoms with Gasteiger partial charge in [0.05, 0.1) is 17.1 Å². The summed E-state index contributed by atoms with van der Waals surface area (Å²) in [6, 6.07) is 13.6. The van der Waals surface area contributed by atoms with E-state index in [1.165, 1.54) is 28.6 Å². The second-order valence-corrected chi connectivity index (χ2v) is 5.98. The van der Waals surface area contributed by atoms with Crippen LogP contribution in [0.4, 0.5) is 10.1 Å². The highest BCUT2D eigenvalue weighted by Crippen LogP contribution is 2.23. The summed E-state index contributed by atoms with van der Waals surface area (Å²) in [5.41, 5.74) is 0.511. The van der Waals surface area contributed by atoms with E-state index in [9.17, 15) is 12.8 Å². The van der Waals surface area contributed by atoms with E-state index in [4.69, 9.17) is 0 Å². The number of halogens is 1. The first-order valence-electron chi connectivity index (χ1n) is 6.00. The molecule has 0 amide bonds. The van der Waals surface area contributed by atoms with E-state index in [0.29, 0.717) is 5.69 Å². The molecule has 0 bridgehead atoms. The zero-order chi connectivity index (χ0) is 14.6. The van der Waals surface area contributed by atoms with Crippen molar-refractivity contribution < 1.29 is 12.8 Å². The van der Waals surface area contributed by atoms with Crippen LogP contribution in [0.25, 0.3) is 0 Å². The van der Waals surface area contributed by atoms with Gasteiger partial charge in [-0.25, -0.2) is 12.8 Å². The van der Waals surface area contributed by atoms with Crippen molar-refractivity contribution >= 4 is 15.7 Å². The molecule has 5 heteroatoms. The first kappa shape index (κ1) is 14.3. The summed E-state index contributed by atoms with van der Waals surface area (Å²) in [4.78, 5) is -0.0804. The molecule has 0 N–H and O–H groups in total. The fraction of sp³-hybridized carbons (Fsp3) is 0.0667. The van der Waals surface area contributed by atoms with Gasteiger partial charge < -0.3 is 0 Å². The van der Waals surface area contributed by atoms with Crippen LogP contribution < -0.4 is 4.31 Å². The third-order valence-corrected chi connectivity index (χ3v) is 4.51. The summed E-state index contributed by atoms with van der Waals surface area (Å²) >= 11 is 0. The fourth-order valence-corrected chi connectivity index (χ4v) is 3.28. The smallest absolute Gasteiger partial charge is 0.263 e. The van der Waals surface area contributed by atoms with Gasteiger partial charge in [0.15, 0.2) is 0 Å². The van der Waals surface area contributed by atoms with E-state index in [-0.39, 0.29) is 11.4 Å². The Bertz CT molecular complexity index is 699. The van der Waals surface area contributed by atoms with Crippen LogP contribution in [-0.2, 0) is 10.0 Å². The van der Waals surface area contributed by atoms with Crippen LogP contribution in [0.1, 0.15) is 0 Å². The molecule has 0 spiro atoms. The van der Waals surface area contributed by atoms with Gasteiger partial charge in [-0.05, 0) is 30.3 Å². The molecule has 0 heterocycles. The monoisotopic (exact) mass is 291 g/mol. The third-order valence-electron chi connectivity index (χ3n) is 2.72. The Labute approximate surface area is 118 Å². The van der Waals surface area contributed by atoms with Crippen molar-refractivity contribution in [1.29, 1.82) is 0 Å². The van der Waals surface area contributed by atoms with Gasteiger partial charge >= 0.3 is 0 Å². The zero-order valence-electron chi connectivity index (χ0n) is 10.7. The molecular formula is C15H14FNO2S. The molecule has 0 aromatic heterocycles. The van der Waals surface area contributed by atoms with Gasteiger partial charge in [-0.2, -0.15) is 0 Å². The van der Waals surface area contributed by atoms with Gasteiger partial charge in [0, 0.05) is 0 Å². The lowest BCUT2D eigenvalue weighted by molar-refractivity contribution is 0.588. The van der Waals surface area contributed by atoms with E-state index in [1.54, 1.807) is 30.3 Å². The first-order valence-corrected chi connectivity index (χ1v) is 7.44. The van der Waals surface area contributed by atoms with Gasteiger partial charge in [-0.1, -0.05) is 30.3 Å². The normalized spacial score (nSPS) is 11.1. The lowest BCUT2D eigenvalue weighted by atomic mass is 10.3. The maximum atomic E-state index is 13.2. The lowest BCUT2D eigenvalue weighted by Gasteiger charge is -2.23. The highest BCUT2D eigenvalue weighted by Gasteiger charge is 2.24. The zero-order valence-corrected chi connectivity index (χ0v) is 11.6. The minimum atomic E-state index is -3.82. The molecule has 0 atom stereocenters. The summed E-state index contributed by atoms with van der Waals surface area (Å²) in [6.07, 6.45) is 1.49. The van der Waals surface area contributed by atoms with Crippen LogP contribution in [0.2, 0.25) is 0 Å². The Balaban J connectivity index is 2.51. The van der Waals surface area contributed by atoms with Crippen LogP contribution in [0, 0.1) is 5.82 Å². The van der Waals surface area contributed by atoms with Gasteiger partial charge in [0.1, 0.15) is 5.82 Å². The first-order chi connectivity index (χ1) is 9.55. The number of hydrogen-bond acceptors (Lipinski definition) is 2. The van der Waals surface area contributed by atoms with Gasteiger partial charge in [0.2, 0.25) is 0 Å². The van der Waals surface area contributed by atoms with E-state index in [2.05, 4.69) is 6.58 Å². The summed E-state index contributed by atoms with van der Waals surface area (Å²) in [5, 5.41) is 0. The number of nitrogens with zero attached hydrogens (tertiary/aromatic N) is 1. The minimum absolute atomic E-state index is 0.0804. The molecule has 0 saturated heterocycles. The Kier molecular flexibility index (Phi) is 4.20. The summed E-state index contributed by atoms with van der Waals surface area (Å²) in [6.45, 7) is 3.68. The second-order valence-electron chi connectivity index (χ2n) is 4.12. The van der Waals surface area contributed by atoms with Crippen molar-refractivity contribution in [2.24, 2.45) is 0 Å². The van der Waals surface area contributed by atoms with Crippen LogP contribution in [0.15, 0.2) is 72.1 Å². The molecule has 0 fully saturated rings. The summed E-state index contributed by atoms with van der Waals surface area (Å²) in [7, 11) is -3.82. The Hall–Kier alpha value is -2.14. The van der Waals surface area contributed by atoms with Crippen LogP contribution >= 0.6 is 0 Å². The maximum Gasteiger partial charge on any atom is 0.264 e. The standard InChI is InChI=1S/C15H14FNO2S/c1-2-11-17(14-8-4-3-5-9-14)20(18,19)15-10-6-7-13(16)12-15/h2-10,12H,1,11H2. The lowest BCUT2D eigenvalue weighted by Crippen LogP contribution is -2.31. The molecule has 2 aromatic carbocycles. The highest BCUT2D eigenvalue weighted by atomic mass is 32.2. The minimum Gasteiger partial charge on any atom is -0.263 e. The molecule has 0 radical (unpaired) electrons. The number of anilines is 1. The van der Waals surface area contributed by atoms with Crippen molar-refractivity contribution in [3.05, 3.63) is 73.1 Å². The molecule has 3 nitrogen and oxygen atoms in total. The van der Waals surface area contributed by atoms with E-state index < -0.39 is 15.8 Å². The van der Waals surface area contributed by atoms with Gasteiger partial charge in [0.25, 0.3) is 10.0 Å². The number of rotatable bonds is 5. The molecule has 20 heavy (non-hydrogen) atoms. The van der Waals surface area contributed by atoms with Crippen LogP contribution in [0.5, 0.6) is 0 Å². The van der Waals surface area contributed by atoms with E-state index in [1.807, 2.05) is 0 Å². The van der Waals surface area contributed by atoms with Crippen molar-refractivity contribution in [2.75, 3.05) is 10.8 Å². The highest BCUT2D eigenvalue weighted by molar-refractivity contribution is 7.92. The van der Waals surface area contributed by atoms with Crippen molar-refractivity contribution in [3.8, 4) is 0 Å². The summed E-state index contributed by atoms with van der Waals surface area (Å²) < 4.78 is 39.6. The number of benzene rings is 2. The average Bonchev–Trinajstić information content (AvgIpc) is 2.45. The molecule has 2 rings (SSSR count). The Morgan fingerprint density at radius 3 is 2.40 bits per heavy atom. The Morgan fingerprint density at radius 2 is 1.80 bits per heavy atom. The number of sulfonamides is 1. The molecule has 0 saturated carbocycles. The molecule has 0 unspecified atom stereocenters. The quantitative estimate of drug-likeness (QED) is 0.793.